The van der Waals surface area contributed by atoms with Crippen LogP contribution in [0.15, 0.2) is 35.9 Å². The van der Waals surface area contributed by atoms with Gasteiger partial charge in [-0.25, -0.2) is 17.5 Å². The summed E-state index contributed by atoms with van der Waals surface area (Å²) in [5.74, 6) is 0. The molecule has 0 bridgehead atoms. The van der Waals surface area contributed by atoms with E-state index in [4.69, 9.17) is 0 Å². The van der Waals surface area contributed by atoms with Crippen LogP contribution in [-0.4, -0.2) is 30.8 Å². The zero-order chi connectivity index (χ0) is 18.1. The summed E-state index contributed by atoms with van der Waals surface area (Å²) in [6.07, 6.45) is 5.02. The quantitative estimate of drug-likeness (QED) is 0.887. The third-order valence-electron chi connectivity index (χ3n) is 5.31. The Morgan fingerprint density at radius 3 is 2.32 bits per heavy atom. The molecule has 1 aliphatic carbocycles. The number of nitrogens with zero attached hydrogens (tertiary/aromatic N) is 1. The number of nitrogens with one attached hydrogen (secondary N) is 1. The molecule has 0 unspecified atom stereocenters. The van der Waals surface area contributed by atoms with Gasteiger partial charge in [0.1, 0.15) is 0 Å². The molecule has 1 aromatic carbocycles. The van der Waals surface area contributed by atoms with Gasteiger partial charge in [0, 0.05) is 6.54 Å². The van der Waals surface area contributed by atoms with Crippen molar-refractivity contribution in [3.05, 3.63) is 41.5 Å². The third-order valence-corrected chi connectivity index (χ3v) is 7.30. The van der Waals surface area contributed by atoms with Crippen molar-refractivity contribution in [2.75, 3.05) is 6.54 Å². The minimum atomic E-state index is -3.87. The van der Waals surface area contributed by atoms with Gasteiger partial charge in [-0.05, 0) is 37.3 Å². The second kappa shape index (κ2) is 6.83. The maximum Gasteiger partial charge on any atom is 0.332 e. The molecule has 6 heteroatoms. The van der Waals surface area contributed by atoms with Gasteiger partial charge in [0.25, 0.3) is 10.0 Å². The summed E-state index contributed by atoms with van der Waals surface area (Å²) in [6, 6.07) is 8.69. The molecule has 1 N–H and O–H groups in total. The van der Waals surface area contributed by atoms with Gasteiger partial charge in [0.2, 0.25) is 0 Å². The molecule has 1 fully saturated rings. The second-order valence-corrected chi connectivity index (χ2v) is 8.45. The van der Waals surface area contributed by atoms with E-state index in [1.165, 1.54) is 4.31 Å². The highest BCUT2D eigenvalue weighted by atomic mass is 32.2. The third kappa shape index (κ3) is 2.76. The fourth-order valence-electron chi connectivity index (χ4n) is 4.38. The first-order valence-corrected chi connectivity index (χ1v) is 10.6. The van der Waals surface area contributed by atoms with Crippen LogP contribution in [0.5, 0.6) is 0 Å². The highest BCUT2D eigenvalue weighted by Crippen LogP contribution is 2.52. The van der Waals surface area contributed by atoms with Gasteiger partial charge in [-0.2, -0.15) is 0 Å². The summed E-state index contributed by atoms with van der Waals surface area (Å²) in [5, 5.41) is 2.71. The van der Waals surface area contributed by atoms with E-state index in [1.54, 1.807) is 6.92 Å². The zero-order valence-electron chi connectivity index (χ0n) is 14.9. The van der Waals surface area contributed by atoms with Crippen molar-refractivity contribution in [1.29, 1.82) is 0 Å². The van der Waals surface area contributed by atoms with Crippen LogP contribution in [-0.2, 0) is 10.0 Å². The average Bonchev–Trinajstić information content (AvgIpc) is 2.79. The monoisotopic (exact) mass is 362 g/mol. The van der Waals surface area contributed by atoms with Crippen LogP contribution in [0.1, 0.15) is 57.9 Å². The highest BCUT2D eigenvalue weighted by Gasteiger charge is 2.57. The molecule has 1 aromatic rings. The van der Waals surface area contributed by atoms with E-state index < -0.39 is 21.6 Å². The molecule has 1 spiro atoms. The molecule has 0 saturated heterocycles. The summed E-state index contributed by atoms with van der Waals surface area (Å²) >= 11 is 0. The van der Waals surface area contributed by atoms with Crippen molar-refractivity contribution in [3.63, 3.8) is 0 Å². The molecular formula is C19H26N2O3S. The van der Waals surface area contributed by atoms with Crippen molar-refractivity contribution in [3.8, 4) is 0 Å². The van der Waals surface area contributed by atoms with Gasteiger partial charge >= 0.3 is 6.03 Å². The number of sulfonamides is 1. The van der Waals surface area contributed by atoms with Crippen LogP contribution in [0.2, 0.25) is 0 Å². The first kappa shape index (κ1) is 18.0. The molecule has 136 valence electrons. The van der Waals surface area contributed by atoms with Crippen molar-refractivity contribution in [1.82, 2.24) is 9.62 Å². The lowest BCUT2D eigenvalue weighted by atomic mass is 9.74. The van der Waals surface area contributed by atoms with Gasteiger partial charge in [0.05, 0.1) is 10.4 Å². The first-order chi connectivity index (χ1) is 12.0. The van der Waals surface area contributed by atoms with Gasteiger partial charge in [-0.15, -0.1) is 0 Å². The lowest BCUT2D eigenvalue weighted by Gasteiger charge is -2.41. The molecule has 1 aliphatic heterocycles. The minimum absolute atomic E-state index is 0.337. The fraction of sp³-hybridized carbons (Fsp3) is 0.526. The topological polar surface area (TPSA) is 66.5 Å². The van der Waals surface area contributed by atoms with Crippen LogP contribution in [0, 0.1) is 0 Å². The maximum atomic E-state index is 13.5. The molecule has 2 amide bonds. The highest BCUT2D eigenvalue weighted by molar-refractivity contribution is 7.99. The van der Waals surface area contributed by atoms with Crippen molar-refractivity contribution in [2.24, 2.45) is 0 Å². The largest absolute Gasteiger partial charge is 0.337 e. The number of rotatable bonds is 3. The molecule has 5 nitrogen and oxygen atoms in total. The first-order valence-electron chi connectivity index (χ1n) is 9.11. The lowest BCUT2D eigenvalue weighted by molar-refractivity contribution is 0.166. The maximum absolute atomic E-state index is 13.5. The number of urea groups is 1. The van der Waals surface area contributed by atoms with Crippen molar-refractivity contribution < 1.29 is 13.2 Å². The van der Waals surface area contributed by atoms with Gasteiger partial charge in [-0.3, -0.25) is 0 Å². The summed E-state index contributed by atoms with van der Waals surface area (Å²) in [5.41, 5.74) is 0.872. The summed E-state index contributed by atoms with van der Waals surface area (Å²) < 4.78 is 28.1. The molecule has 0 aromatic heterocycles. The van der Waals surface area contributed by atoms with Crippen LogP contribution < -0.4 is 5.32 Å². The zero-order valence-corrected chi connectivity index (χ0v) is 15.7. The average molecular weight is 362 g/mol. The normalized spacial score (nSPS) is 21.6. The van der Waals surface area contributed by atoms with Crippen molar-refractivity contribution >= 4 is 21.0 Å². The Bertz CT molecular complexity index is 778. The minimum Gasteiger partial charge on any atom is -0.337 e. The lowest BCUT2D eigenvalue weighted by Crippen LogP contribution is -2.55. The van der Waals surface area contributed by atoms with Crippen LogP contribution >= 0.6 is 0 Å². The van der Waals surface area contributed by atoms with Gasteiger partial charge in [0.15, 0.2) is 0 Å². The molecule has 3 rings (SSSR count). The Morgan fingerprint density at radius 2 is 1.76 bits per heavy atom. The molecule has 1 heterocycles. The van der Waals surface area contributed by atoms with Crippen LogP contribution in [0.4, 0.5) is 4.79 Å². The Kier molecular flexibility index (Phi) is 4.91. The standard InChI is InChI=1S/C19H26N2O3S/c1-3-16-17(15-11-7-5-8-12-15)25(23,24)21(18(22)20-4-2)19(16)13-9-6-10-14-19/h5,7-8,11-12H,3-4,6,9-10,13-14H2,1-2H3,(H,20,22). The SMILES string of the molecule is CCNC(=O)N1C2(CCCCC2)C(CC)=C(c2ccccc2)S1(=O)=O. The summed E-state index contributed by atoms with van der Waals surface area (Å²) in [4.78, 5) is 13.1. The predicted molar refractivity (Wildman–Crippen MR) is 99.3 cm³/mol. The van der Waals surface area contributed by atoms with Crippen LogP contribution in [0.3, 0.4) is 0 Å². The van der Waals surface area contributed by atoms with E-state index in [1.807, 2.05) is 37.3 Å². The van der Waals surface area contributed by atoms with E-state index in [-0.39, 0.29) is 0 Å². The summed E-state index contributed by atoms with van der Waals surface area (Å²) in [7, 11) is -3.87. The number of carbonyl (C=O) groups is 1. The van der Waals surface area contributed by atoms with Gasteiger partial charge in [-0.1, -0.05) is 56.5 Å². The van der Waals surface area contributed by atoms with E-state index >= 15 is 0 Å². The second-order valence-electron chi connectivity index (χ2n) is 6.72. The Labute approximate surface area is 150 Å². The van der Waals surface area contributed by atoms with Gasteiger partial charge < -0.3 is 5.32 Å². The Hall–Kier alpha value is -1.82. The van der Waals surface area contributed by atoms with Crippen molar-refractivity contribution in [2.45, 2.75) is 57.9 Å². The number of hydrogen-bond acceptors (Lipinski definition) is 3. The van der Waals surface area contributed by atoms with E-state index in [0.29, 0.717) is 36.3 Å². The molecule has 0 radical (unpaired) electrons. The molecule has 0 atom stereocenters. The number of benzene rings is 1. The van der Waals surface area contributed by atoms with Crippen LogP contribution in [0.25, 0.3) is 4.91 Å². The number of carbonyl (C=O) groups excluding carboxylic acids is 1. The Morgan fingerprint density at radius 1 is 1.12 bits per heavy atom. The molecule has 2 aliphatic rings. The smallest absolute Gasteiger partial charge is 0.332 e. The predicted octanol–water partition coefficient (Wildman–Crippen LogP) is 3.89. The van der Waals surface area contributed by atoms with E-state index in [0.717, 1.165) is 24.8 Å². The fourth-order valence-corrected chi connectivity index (χ4v) is 6.68. The Balaban J connectivity index is 2.25. The number of amides is 2. The molecule has 25 heavy (non-hydrogen) atoms. The number of hydrogen-bond donors (Lipinski definition) is 1. The van der Waals surface area contributed by atoms with E-state index in [2.05, 4.69) is 5.32 Å². The summed E-state index contributed by atoms with van der Waals surface area (Å²) in [6.45, 7) is 4.20. The molecule has 1 saturated carbocycles. The van der Waals surface area contributed by atoms with E-state index in [9.17, 15) is 13.2 Å². The molecular weight excluding hydrogens is 336 g/mol.